The number of nitrogens with one attached hydrogen (secondary N) is 1. The van der Waals surface area contributed by atoms with E-state index in [0.29, 0.717) is 17.0 Å². The van der Waals surface area contributed by atoms with E-state index in [1.54, 1.807) is 25.1 Å². The van der Waals surface area contributed by atoms with Crippen LogP contribution in [0.4, 0.5) is 11.4 Å². The van der Waals surface area contributed by atoms with Crippen LogP contribution in [0.5, 0.6) is 11.5 Å². The second kappa shape index (κ2) is 11.3. The number of nitrogens with zero attached hydrogens (tertiary/aromatic N) is 3. The van der Waals surface area contributed by atoms with E-state index in [1.807, 2.05) is 0 Å². The molecule has 0 spiro atoms. The molecule has 0 saturated heterocycles. The lowest BCUT2D eigenvalue weighted by Gasteiger charge is -2.25. The van der Waals surface area contributed by atoms with Gasteiger partial charge in [-0.15, -0.1) is 0 Å². The molecule has 0 aliphatic rings. The van der Waals surface area contributed by atoms with Gasteiger partial charge in [0, 0.05) is 12.1 Å². The van der Waals surface area contributed by atoms with Gasteiger partial charge in [0.2, 0.25) is 0 Å². The molecule has 0 atom stereocenters. The third-order valence-electron chi connectivity index (χ3n) is 5.13. The van der Waals surface area contributed by atoms with E-state index < -0.39 is 27.4 Å². The van der Waals surface area contributed by atoms with Gasteiger partial charge in [-0.05, 0) is 61.0 Å². The lowest BCUT2D eigenvalue weighted by molar-refractivity contribution is -0.384. The molecule has 1 amide bonds. The average Bonchev–Trinajstić information content (AvgIpc) is 2.90. The van der Waals surface area contributed by atoms with Crippen molar-refractivity contribution in [2.45, 2.75) is 11.8 Å². The molecule has 0 bridgehead atoms. The minimum Gasteiger partial charge on any atom is -0.497 e. The molecule has 188 valence electrons. The van der Waals surface area contributed by atoms with Crippen LogP contribution < -0.4 is 19.2 Å². The molecule has 0 heterocycles. The number of nitro groups is 1. The largest absolute Gasteiger partial charge is 0.497 e. The van der Waals surface area contributed by atoms with Crippen LogP contribution in [0.3, 0.4) is 0 Å². The Bertz CT molecular complexity index is 1370. The van der Waals surface area contributed by atoms with E-state index >= 15 is 0 Å². The van der Waals surface area contributed by atoms with E-state index in [0.717, 1.165) is 4.31 Å². The number of carbonyl (C=O) groups excluding carboxylic acids is 1. The van der Waals surface area contributed by atoms with Gasteiger partial charge in [-0.1, -0.05) is 12.1 Å². The van der Waals surface area contributed by atoms with E-state index in [1.165, 1.54) is 68.8 Å². The van der Waals surface area contributed by atoms with Gasteiger partial charge >= 0.3 is 0 Å². The normalized spacial score (nSPS) is 11.5. The van der Waals surface area contributed by atoms with Gasteiger partial charge in [0.05, 0.1) is 35.4 Å². The predicted octanol–water partition coefficient (Wildman–Crippen LogP) is 3.35. The van der Waals surface area contributed by atoms with E-state index in [2.05, 4.69) is 10.5 Å². The number of para-hydroxylation sites is 2. The summed E-state index contributed by atoms with van der Waals surface area (Å²) >= 11 is 0. The number of nitro benzene ring substituents is 1. The number of ether oxygens (including phenoxy) is 2. The first-order chi connectivity index (χ1) is 17.2. The maximum Gasteiger partial charge on any atom is 0.269 e. The van der Waals surface area contributed by atoms with Crippen molar-refractivity contribution >= 4 is 33.0 Å². The minimum atomic E-state index is -4.19. The molecule has 0 unspecified atom stereocenters. The Kier molecular flexibility index (Phi) is 8.22. The smallest absolute Gasteiger partial charge is 0.269 e. The maximum atomic E-state index is 13.5. The number of anilines is 1. The molecule has 3 aromatic rings. The van der Waals surface area contributed by atoms with Crippen LogP contribution in [-0.4, -0.2) is 45.7 Å². The van der Waals surface area contributed by atoms with Gasteiger partial charge < -0.3 is 9.47 Å². The van der Waals surface area contributed by atoms with Gasteiger partial charge in [-0.2, -0.15) is 5.10 Å². The Morgan fingerprint density at radius 3 is 2.22 bits per heavy atom. The van der Waals surface area contributed by atoms with Crippen molar-refractivity contribution in [1.82, 2.24) is 5.43 Å². The molecule has 3 aromatic carbocycles. The van der Waals surface area contributed by atoms with Crippen molar-refractivity contribution < 1.29 is 27.6 Å². The Morgan fingerprint density at radius 1 is 1.00 bits per heavy atom. The Balaban J connectivity index is 1.89. The highest BCUT2D eigenvalue weighted by atomic mass is 32.2. The Labute approximate surface area is 208 Å². The fourth-order valence-corrected chi connectivity index (χ4v) is 4.64. The molecule has 3 rings (SSSR count). The zero-order valence-electron chi connectivity index (χ0n) is 19.7. The van der Waals surface area contributed by atoms with Crippen LogP contribution >= 0.6 is 0 Å². The Morgan fingerprint density at radius 2 is 1.64 bits per heavy atom. The van der Waals surface area contributed by atoms with Gasteiger partial charge in [-0.3, -0.25) is 19.2 Å². The first kappa shape index (κ1) is 26.2. The minimum absolute atomic E-state index is 0.0485. The highest BCUT2D eigenvalue weighted by Gasteiger charge is 2.29. The number of sulfonamides is 1. The molecule has 0 radical (unpaired) electrons. The number of hydrogen-bond donors (Lipinski definition) is 1. The molecule has 0 fully saturated rings. The van der Waals surface area contributed by atoms with Gasteiger partial charge in [0.15, 0.2) is 0 Å². The van der Waals surface area contributed by atoms with Crippen molar-refractivity contribution in [1.29, 1.82) is 0 Å². The number of hydrogen-bond acceptors (Lipinski definition) is 8. The molecule has 36 heavy (non-hydrogen) atoms. The fraction of sp³-hybridized carbons (Fsp3) is 0.167. The molecule has 12 heteroatoms. The molecule has 1 N–H and O–H groups in total. The number of benzene rings is 3. The van der Waals surface area contributed by atoms with Crippen molar-refractivity contribution in [3.63, 3.8) is 0 Å². The molecule has 0 aliphatic heterocycles. The second-order valence-electron chi connectivity index (χ2n) is 7.40. The highest BCUT2D eigenvalue weighted by Crippen LogP contribution is 2.32. The maximum absolute atomic E-state index is 13.5. The Hall–Kier alpha value is -4.45. The van der Waals surface area contributed by atoms with Crippen LogP contribution in [0.25, 0.3) is 0 Å². The second-order valence-corrected chi connectivity index (χ2v) is 9.26. The SMILES string of the molecule is COc1ccc(S(=O)(=O)N(CC(=O)N/N=C(/C)c2ccc([N+](=O)[O-])cc2)c2ccccc2OC)cc1. The molecular formula is C24H24N4O7S. The van der Waals surface area contributed by atoms with Crippen molar-refractivity contribution in [2.24, 2.45) is 5.10 Å². The molecular weight excluding hydrogens is 488 g/mol. The summed E-state index contributed by atoms with van der Waals surface area (Å²) in [6.07, 6.45) is 0. The number of methoxy groups -OCH3 is 2. The molecule has 0 aromatic heterocycles. The van der Waals surface area contributed by atoms with E-state index in [-0.39, 0.29) is 22.0 Å². The number of amides is 1. The number of carbonyl (C=O) groups is 1. The third kappa shape index (κ3) is 5.96. The van der Waals surface area contributed by atoms with Crippen LogP contribution in [-0.2, 0) is 14.8 Å². The number of hydrazone groups is 1. The highest BCUT2D eigenvalue weighted by molar-refractivity contribution is 7.92. The lowest BCUT2D eigenvalue weighted by Crippen LogP contribution is -2.40. The van der Waals surface area contributed by atoms with Crippen LogP contribution in [0, 0.1) is 10.1 Å². The van der Waals surface area contributed by atoms with Crippen molar-refractivity contribution in [3.8, 4) is 11.5 Å². The van der Waals surface area contributed by atoms with Crippen LogP contribution in [0.1, 0.15) is 12.5 Å². The standard InChI is InChI=1S/C24H24N4O7S/c1-17(18-8-10-19(11-9-18)28(30)31)25-26-24(29)16-27(22-6-4-5-7-23(22)35-3)36(32,33)21-14-12-20(34-2)13-15-21/h4-15H,16H2,1-3H3,(H,26,29)/b25-17-. The zero-order chi connectivity index (χ0) is 26.3. The van der Waals surface area contributed by atoms with Gasteiger partial charge in [0.1, 0.15) is 18.0 Å². The summed E-state index contributed by atoms with van der Waals surface area (Å²) in [6, 6.07) is 17.8. The van der Waals surface area contributed by atoms with Crippen molar-refractivity contribution in [3.05, 3.63) is 88.5 Å². The van der Waals surface area contributed by atoms with Gasteiger partial charge in [0.25, 0.3) is 21.6 Å². The molecule has 0 saturated carbocycles. The lowest BCUT2D eigenvalue weighted by atomic mass is 10.1. The summed E-state index contributed by atoms with van der Waals surface area (Å²) in [6.45, 7) is 1.01. The molecule has 0 aliphatic carbocycles. The van der Waals surface area contributed by atoms with Crippen LogP contribution in [0.15, 0.2) is 82.8 Å². The summed E-state index contributed by atoms with van der Waals surface area (Å²) < 4.78 is 38.4. The quantitative estimate of drug-likeness (QED) is 0.249. The third-order valence-corrected chi connectivity index (χ3v) is 6.91. The van der Waals surface area contributed by atoms with Gasteiger partial charge in [-0.25, -0.2) is 13.8 Å². The predicted molar refractivity (Wildman–Crippen MR) is 134 cm³/mol. The van der Waals surface area contributed by atoms with E-state index in [4.69, 9.17) is 9.47 Å². The first-order valence-electron chi connectivity index (χ1n) is 10.5. The number of non-ortho nitro benzene ring substituents is 1. The summed E-state index contributed by atoms with van der Waals surface area (Å²) in [5.74, 6) is 0.0267. The summed E-state index contributed by atoms with van der Waals surface area (Å²) in [4.78, 5) is 23.1. The fourth-order valence-electron chi connectivity index (χ4n) is 3.21. The first-order valence-corrected chi connectivity index (χ1v) is 12.0. The van der Waals surface area contributed by atoms with E-state index in [9.17, 15) is 23.3 Å². The summed E-state index contributed by atoms with van der Waals surface area (Å²) in [7, 11) is -1.32. The van der Waals surface area contributed by atoms with Crippen molar-refractivity contribution in [2.75, 3.05) is 25.1 Å². The summed E-state index contributed by atoms with van der Waals surface area (Å²) in [5, 5.41) is 14.8. The average molecular weight is 513 g/mol. The topological polar surface area (TPSA) is 140 Å². The molecule has 11 nitrogen and oxygen atoms in total. The summed E-state index contributed by atoms with van der Waals surface area (Å²) in [5.41, 5.74) is 3.36. The zero-order valence-corrected chi connectivity index (χ0v) is 20.6. The monoisotopic (exact) mass is 512 g/mol. The van der Waals surface area contributed by atoms with Crippen LogP contribution in [0.2, 0.25) is 0 Å². The number of rotatable bonds is 10.